The number of nitrogens with one attached hydrogen (secondary N) is 2. The fraction of sp³-hybridized carbons (Fsp3) is 0.364. The van der Waals surface area contributed by atoms with Crippen molar-refractivity contribution in [3.63, 3.8) is 0 Å². The third kappa shape index (κ3) is 4.17. The van der Waals surface area contributed by atoms with Gasteiger partial charge in [-0.05, 0) is 62.4 Å². The molecular weight excluding hydrogens is 354 g/mol. The molecule has 3 rings (SSSR count). The van der Waals surface area contributed by atoms with E-state index >= 15 is 0 Å². The van der Waals surface area contributed by atoms with E-state index in [9.17, 15) is 9.59 Å². The molecule has 148 valence electrons. The first kappa shape index (κ1) is 19.9. The van der Waals surface area contributed by atoms with Crippen molar-refractivity contribution in [3.8, 4) is 0 Å². The van der Waals surface area contributed by atoms with Gasteiger partial charge in [-0.25, -0.2) is 10.2 Å². The van der Waals surface area contributed by atoms with Crippen LogP contribution in [0.25, 0.3) is 0 Å². The molecule has 0 aromatic heterocycles. The summed E-state index contributed by atoms with van der Waals surface area (Å²) in [4.78, 5) is 24.3. The molecule has 1 amide bonds. The Hall–Kier alpha value is -2.86. The Kier molecular flexibility index (Phi) is 6.31. The van der Waals surface area contributed by atoms with E-state index < -0.39 is 6.09 Å². The molecule has 0 fully saturated rings. The topological polar surface area (TPSA) is 70.7 Å². The van der Waals surface area contributed by atoms with Crippen LogP contribution in [0.5, 0.6) is 0 Å². The summed E-state index contributed by atoms with van der Waals surface area (Å²) in [5, 5.41) is 4.79. The van der Waals surface area contributed by atoms with Crippen LogP contribution in [0.4, 0.5) is 21.9 Å². The molecule has 1 aliphatic heterocycles. The number of fused-ring (bicyclic) bond motifs is 2. The molecule has 0 unspecified atom stereocenters. The lowest BCUT2D eigenvalue weighted by Gasteiger charge is -2.28. The van der Waals surface area contributed by atoms with E-state index in [4.69, 9.17) is 4.74 Å². The standard InChI is InChI=1S/C22H27N3O3/c1-4-12-23-25-20-9-7-6-8-16(20)10-11-18-19(15(3)26)13-17(14-21(18)25)24-22(27)28-5-2/h6-9,13-14,23H,4-5,10-12H2,1-3H3,(H,24,27). The molecule has 6 heteroatoms. The van der Waals surface area contributed by atoms with Crippen molar-refractivity contribution >= 4 is 28.9 Å². The van der Waals surface area contributed by atoms with E-state index in [1.807, 2.05) is 23.2 Å². The number of ketones is 1. The van der Waals surface area contributed by atoms with Gasteiger partial charge in [0.05, 0.1) is 18.0 Å². The van der Waals surface area contributed by atoms with E-state index in [0.717, 1.165) is 42.7 Å². The van der Waals surface area contributed by atoms with Crippen molar-refractivity contribution in [1.82, 2.24) is 5.43 Å². The summed E-state index contributed by atoms with van der Waals surface area (Å²) >= 11 is 0. The van der Waals surface area contributed by atoms with E-state index in [-0.39, 0.29) is 12.4 Å². The van der Waals surface area contributed by atoms with Gasteiger partial charge in [0.25, 0.3) is 0 Å². The van der Waals surface area contributed by atoms with Crippen molar-refractivity contribution in [3.05, 3.63) is 53.1 Å². The van der Waals surface area contributed by atoms with Crippen molar-refractivity contribution in [2.75, 3.05) is 23.5 Å². The summed E-state index contributed by atoms with van der Waals surface area (Å²) in [5.41, 5.74) is 8.81. The number of rotatable bonds is 6. The zero-order chi connectivity index (χ0) is 20.1. The molecule has 6 nitrogen and oxygen atoms in total. The Morgan fingerprint density at radius 1 is 1.11 bits per heavy atom. The molecule has 0 aliphatic carbocycles. The van der Waals surface area contributed by atoms with Crippen molar-refractivity contribution in [2.24, 2.45) is 0 Å². The van der Waals surface area contributed by atoms with Gasteiger partial charge in [-0.15, -0.1) is 0 Å². The summed E-state index contributed by atoms with van der Waals surface area (Å²) in [6.45, 7) is 6.50. The van der Waals surface area contributed by atoms with E-state index in [0.29, 0.717) is 11.3 Å². The maximum atomic E-state index is 12.4. The Balaban J connectivity index is 2.13. The van der Waals surface area contributed by atoms with E-state index in [1.165, 1.54) is 5.56 Å². The highest BCUT2D eigenvalue weighted by Gasteiger charge is 2.25. The van der Waals surface area contributed by atoms with E-state index in [2.05, 4.69) is 29.8 Å². The number of anilines is 3. The second-order valence-electron chi connectivity index (χ2n) is 6.80. The number of hydrazine groups is 1. The molecule has 2 aromatic rings. The Labute approximate surface area is 165 Å². The number of benzene rings is 2. The van der Waals surface area contributed by atoms with E-state index in [1.54, 1.807) is 19.9 Å². The largest absolute Gasteiger partial charge is 0.450 e. The molecule has 28 heavy (non-hydrogen) atoms. The highest BCUT2D eigenvalue weighted by molar-refractivity contribution is 6.00. The minimum absolute atomic E-state index is 0.0230. The van der Waals surface area contributed by atoms with Crippen molar-refractivity contribution in [1.29, 1.82) is 0 Å². The quantitative estimate of drug-likeness (QED) is 0.715. The minimum Gasteiger partial charge on any atom is -0.450 e. The van der Waals surface area contributed by atoms with Gasteiger partial charge in [-0.1, -0.05) is 25.1 Å². The molecule has 0 bridgehead atoms. The van der Waals surface area contributed by atoms with Crippen LogP contribution < -0.4 is 15.8 Å². The fourth-order valence-electron chi connectivity index (χ4n) is 3.51. The van der Waals surface area contributed by atoms with Gasteiger partial charge in [0.2, 0.25) is 0 Å². The van der Waals surface area contributed by atoms with Gasteiger partial charge in [0, 0.05) is 17.8 Å². The lowest BCUT2D eigenvalue weighted by Crippen LogP contribution is -2.35. The SMILES string of the molecule is CCCNN1c2ccccc2CCc2c(C(C)=O)cc(NC(=O)OCC)cc21. The van der Waals surface area contributed by atoms with Gasteiger partial charge in [-0.3, -0.25) is 15.1 Å². The number of aryl methyl sites for hydroxylation is 1. The Morgan fingerprint density at radius 2 is 1.89 bits per heavy atom. The Bertz CT molecular complexity index is 879. The highest BCUT2D eigenvalue weighted by atomic mass is 16.5. The molecule has 1 aliphatic rings. The lowest BCUT2D eigenvalue weighted by molar-refractivity contribution is 0.101. The first-order chi connectivity index (χ1) is 13.5. The van der Waals surface area contributed by atoms with Gasteiger partial charge in [0.15, 0.2) is 5.78 Å². The highest BCUT2D eigenvalue weighted by Crippen LogP contribution is 2.38. The van der Waals surface area contributed by atoms with Crippen molar-refractivity contribution < 1.29 is 14.3 Å². The molecule has 0 atom stereocenters. The molecule has 2 aromatic carbocycles. The molecule has 0 saturated carbocycles. The molecule has 0 radical (unpaired) electrons. The average Bonchev–Trinajstić information content (AvgIpc) is 2.82. The smallest absolute Gasteiger partial charge is 0.411 e. The van der Waals surface area contributed by atoms with Crippen molar-refractivity contribution in [2.45, 2.75) is 40.0 Å². The van der Waals surface area contributed by atoms with Crippen LogP contribution in [0.3, 0.4) is 0 Å². The monoisotopic (exact) mass is 381 g/mol. The molecule has 2 N–H and O–H groups in total. The third-order valence-electron chi connectivity index (χ3n) is 4.77. The number of carbonyl (C=O) groups is 2. The van der Waals surface area contributed by atoms with Crippen LogP contribution in [0.1, 0.15) is 48.7 Å². The zero-order valence-electron chi connectivity index (χ0n) is 16.7. The summed E-state index contributed by atoms with van der Waals surface area (Å²) < 4.78 is 5.00. The van der Waals surface area contributed by atoms with Crippen LogP contribution in [0.15, 0.2) is 36.4 Å². The number of ether oxygens (including phenoxy) is 1. The summed E-state index contributed by atoms with van der Waals surface area (Å²) in [6.07, 6.45) is 2.04. The van der Waals surface area contributed by atoms with Gasteiger partial charge >= 0.3 is 6.09 Å². The van der Waals surface area contributed by atoms with Crippen LogP contribution >= 0.6 is 0 Å². The summed E-state index contributed by atoms with van der Waals surface area (Å²) in [6, 6.07) is 11.9. The van der Waals surface area contributed by atoms with Crippen LogP contribution in [0, 0.1) is 0 Å². The predicted molar refractivity (Wildman–Crippen MR) is 111 cm³/mol. The zero-order valence-corrected chi connectivity index (χ0v) is 16.7. The number of carbonyl (C=O) groups excluding carboxylic acids is 2. The van der Waals surface area contributed by atoms with Crippen LogP contribution in [0.2, 0.25) is 0 Å². The number of nitrogens with zero attached hydrogens (tertiary/aromatic N) is 1. The lowest BCUT2D eigenvalue weighted by atomic mass is 9.96. The predicted octanol–water partition coefficient (Wildman–Crippen LogP) is 4.61. The Morgan fingerprint density at radius 3 is 2.61 bits per heavy atom. The maximum Gasteiger partial charge on any atom is 0.411 e. The van der Waals surface area contributed by atoms with Gasteiger partial charge < -0.3 is 4.74 Å². The van der Waals surface area contributed by atoms with Gasteiger partial charge in [-0.2, -0.15) is 0 Å². The average molecular weight is 381 g/mol. The number of hydrogen-bond donors (Lipinski definition) is 2. The third-order valence-corrected chi connectivity index (χ3v) is 4.77. The summed E-state index contributed by atoms with van der Waals surface area (Å²) in [7, 11) is 0. The summed E-state index contributed by atoms with van der Waals surface area (Å²) in [5.74, 6) is -0.0230. The van der Waals surface area contributed by atoms with Gasteiger partial charge in [0.1, 0.15) is 0 Å². The van der Waals surface area contributed by atoms with Crippen LogP contribution in [-0.4, -0.2) is 25.0 Å². The molecule has 1 heterocycles. The second kappa shape index (κ2) is 8.89. The number of amides is 1. The molecular formula is C22H27N3O3. The maximum absolute atomic E-state index is 12.4. The number of hydrogen-bond acceptors (Lipinski definition) is 5. The number of Topliss-reactive ketones (excluding diaryl/α,β-unsaturated/α-hetero) is 1. The first-order valence-electron chi connectivity index (χ1n) is 9.78. The molecule has 0 spiro atoms. The fourth-order valence-corrected chi connectivity index (χ4v) is 3.51. The minimum atomic E-state index is -0.529. The molecule has 0 saturated heterocycles. The van der Waals surface area contributed by atoms with Crippen LogP contribution in [-0.2, 0) is 17.6 Å². The normalized spacial score (nSPS) is 12.6. The second-order valence-corrected chi connectivity index (χ2v) is 6.80. The first-order valence-corrected chi connectivity index (χ1v) is 9.78. The number of para-hydroxylation sites is 1.